The maximum absolute atomic E-state index is 11.9. The van der Waals surface area contributed by atoms with Gasteiger partial charge in [0, 0.05) is 30.2 Å². The lowest BCUT2D eigenvalue weighted by Crippen LogP contribution is -2.19. The molecule has 2 aromatic rings. The predicted octanol–water partition coefficient (Wildman–Crippen LogP) is 1.67. The number of carbonyl (C=O) groups excluding carboxylic acids is 2. The number of carbonyl (C=O) groups is 2. The number of rotatable bonds is 7. The van der Waals surface area contributed by atoms with Gasteiger partial charge in [0.05, 0.1) is 13.2 Å². The molecule has 2 heterocycles. The molecule has 9 heteroatoms. The number of ether oxygens (including phenoxy) is 2. The first kappa shape index (κ1) is 18.8. The second kappa shape index (κ2) is 9.11. The van der Waals surface area contributed by atoms with Crippen LogP contribution in [0.2, 0.25) is 0 Å². The minimum Gasteiger partial charge on any atom is -0.493 e. The highest BCUT2D eigenvalue weighted by molar-refractivity contribution is 6.14. The number of esters is 2. The van der Waals surface area contributed by atoms with Gasteiger partial charge in [-0.25, -0.2) is 14.6 Å². The normalized spacial score (nSPS) is 9.92. The van der Waals surface area contributed by atoms with E-state index in [0.29, 0.717) is 5.56 Å². The quantitative estimate of drug-likeness (QED) is 0.329. The zero-order chi connectivity index (χ0) is 18.9. The van der Waals surface area contributed by atoms with Crippen LogP contribution < -0.4 is 5.32 Å². The van der Waals surface area contributed by atoms with Crippen LogP contribution in [0.25, 0.3) is 11.4 Å². The molecule has 136 valence electrons. The fourth-order valence-electron chi connectivity index (χ4n) is 1.90. The fraction of sp³-hybridized carbons (Fsp3) is 0.235. The van der Waals surface area contributed by atoms with Crippen molar-refractivity contribution in [3.05, 3.63) is 42.4 Å². The van der Waals surface area contributed by atoms with Crippen LogP contribution in [0.3, 0.4) is 0 Å². The zero-order valence-electron chi connectivity index (χ0n) is 14.3. The largest absolute Gasteiger partial charge is 0.493 e. The van der Waals surface area contributed by atoms with Crippen molar-refractivity contribution >= 4 is 17.8 Å². The Morgan fingerprint density at radius 3 is 2.31 bits per heavy atom. The van der Waals surface area contributed by atoms with Crippen LogP contribution in [-0.2, 0) is 19.1 Å². The average Bonchev–Trinajstić information content (AvgIpc) is 2.62. The van der Waals surface area contributed by atoms with Crippen molar-refractivity contribution < 1.29 is 24.2 Å². The van der Waals surface area contributed by atoms with E-state index in [1.54, 1.807) is 38.4 Å². The summed E-state index contributed by atoms with van der Waals surface area (Å²) in [5.74, 6) is -1.51. The smallest absolute Gasteiger partial charge is 0.347 e. The molecular weight excluding hydrogens is 340 g/mol. The summed E-state index contributed by atoms with van der Waals surface area (Å²) < 4.78 is 9.68. The Kier molecular flexibility index (Phi) is 6.60. The SMILES string of the molecule is CCOC(=O)C(=CNc1cc(O)nc(-c2ccncc2)n1)C(=O)OCC. The zero-order valence-corrected chi connectivity index (χ0v) is 14.3. The van der Waals surface area contributed by atoms with E-state index in [1.165, 1.54) is 6.07 Å². The van der Waals surface area contributed by atoms with Crippen LogP contribution in [0.4, 0.5) is 5.82 Å². The molecule has 0 spiro atoms. The van der Waals surface area contributed by atoms with Gasteiger partial charge in [0.2, 0.25) is 5.88 Å². The van der Waals surface area contributed by atoms with Gasteiger partial charge in [0.15, 0.2) is 11.4 Å². The summed E-state index contributed by atoms with van der Waals surface area (Å²) in [5.41, 5.74) is 0.316. The molecule has 0 bridgehead atoms. The maximum atomic E-state index is 11.9. The first-order valence-corrected chi connectivity index (χ1v) is 7.84. The summed E-state index contributed by atoms with van der Waals surface area (Å²) in [5, 5.41) is 12.5. The average molecular weight is 358 g/mol. The number of anilines is 1. The number of nitrogens with one attached hydrogen (secondary N) is 1. The second-order valence-corrected chi connectivity index (χ2v) is 4.81. The van der Waals surface area contributed by atoms with E-state index in [2.05, 4.69) is 20.3 Å². The van der Waals surface area contributed by atoms with Crippen LogP contribution >= 0.6 is 0 Å². The minimum absolute atomic E-state index is 0.107. The highest BCUT2D eigenvalue weighted by Crippen LogP contribution is 2.20. The van der Waals surface area contributed by atoms with Crippen LogP contribution in [0.1, 0.15) is 13.8 Å². The van der Waals surface area contributed by atoms with Gasteiger partial charge < -0.3 is 19.9 Å². The molecule has 0 aliphatic heterocycles. The number of aromatic hydroxyl groups is 1. The first-order valence-electron chi connectivity index (χ1n) is 7.84. The number of pyridine rings is 1. The highest BCUT2D eigenvalue weighted by atomic mass is 16.6. The van der Waals surface area contributed by atoms with Crippen molar-refractivity contribution in [2.75, 3.05) is 18.5 Å². The van der Waals surface area contributed by atoms with E-state index in [0.717, 1.165) is 6.20 Å². The topological polar surface area (TPSA) is 124 Å². The van der Waals surface area contributed by atoms with Crippen LogP contribution in [0, 0.1) is 0 Å². The van der Waals surface area contributed by atoms with Gasteiger partial charge in [0.1, 0.15) is 5.82 Å². The van der Waals surface area contributed by atoms with E-state index in [-0.39, 0.29) is 36.3 Å². The van der Waals surface area contributed by atoms with Gasteiger partial charge in [-0.05, 0) is 26.0 Å². The van der Waals surface area contributed by atoms with E-state index in [1.807, 2.05) is 0 Å². The summed E-state index contributed by atoms with van der Waals surface area (Å²) in [7, 11) is 0. The van der Waals surface area contributed by atoms with Crippen LogP contribution in [0.5, 0.6) is 5.88 Å². The van der Waals surface area contributed by atoms with Gasteiger partial charge in [0.25, 0.3) is 0 Å². The standard InChI is InChI=1S/C17H18N4O5/c1-3-25-16(23)12(17(24)26-4-2)10-19-13-9-14(22)21-15(20-13)11-5-7-18-8-6-11/h5-10H,3-4H2,1-2H3,(H2,19,20,21,22). The highest BCUT2D eigenvalue weighted by Gasteiger charge is 2.21. The molecule has 0 saturated heterocycles. The number of hydrogen-bond acceptors (Lipinski definition) is 9. The Balaban J connectivity index is 2.29. The lowest BCUT2D eigenvalue weighted by Gasteiger charge is -2.08. The number of hydrogen-bond donors (Lipinski definition) is 2. The third-order valence-electron chi connectivity index (χ3n) is 3.01. The molecule has 2 N–H and O–H groups in total. The number of aromatic nitrogens is 3. The van der Waals surface area contributed by atoms with Gasteiger partial charge in [-0.1, -0.05) is 0 Å². The molecular formula is C17H18N4O5. The van der Waals surface area contributed by atoms with Crippen molar-refractivity contribution in [3.63, 3.8) is 0 Å². The van der Waals surface area contributed by atoms with E-state index >= 15 is 0 Å². The molecule has 0 amide bonds. The molecule has 0 aliphatic carbocycles. The van der Waals surface area contributed by atoms with Crippen LogP contribution in [-0.4, -0.2) is 45.2 Å². The molecule has 0 unspecified atom stereocenters. The Morgan fingerprint density at radius 1 is 1.12 bits per heavy atom. The third-order valence-corrected chi connectivity index (χ3v) is 3.01. The van der Waals surface area contributed by atoms with Gasteiger partial charge >= 0.3 is 11.9 Å². The van der Waals surface area contributed by atoms with E-state index in [4.69, 9.17) is 9.47 Å². The Hall–Kier alpha value is -3.49. The minimum atomic E-state index is -0.828. The number of nitrogens with zero attached hydrogens (tertiary/aromatic N) is 3. The third kappa shape index (κ3) is 5.00. The Morgan fingerprint density at radius 2 is 1.73 bits per heavy atom. The summed E-state index contributed by atoms with van der Waals surface area (Å²) in [6, 6.07) is 4.60. The van der Waals surface area contributed by atoms with E-state index < -0.39 is 11.9 Å². The summed E-state index contributed by atoms with van der Waals surface area (Å²) in [6.45, 7) is 3.46. The Labute approximate surface area is 149 Å². The molecule has 2 rings (SSSR count). The second-order valence-electron chi connectivity index (χ2n) is 4.81. The predicted molar refractivity (Wildman–Crippen MR) is 91.9 cm³/mol. The molecule has 9 nitrogen and oxygen atoms in total. The monoisotopic (exact) mass is 358 g/mol. The van der Waals surface area contributed by atoms with Gasteiger partial charge in [-0.15, -0.1) is 0 Å². The Bertz CT molecular complexity index is 788. The van der Waals surface area contributed by atoms with Crippen molar-refractivity contribution in [2.24, 2.45) is 0 Å². The van der Waals surface area contributed by atoms with Crippen molar-refractivity contribution in [1.82, 2.24) is 15.0 Å². The molecule has 26 heavy (non-hydrogen) atoms. The van der Waals surface area contributed by atoms with Gasteiger partial charge in [-0.2, -0.15) is 4.98 Å². The maximum Gasteiger partial charge on any atom is 0.347 e. The summed E-state index contributed by atoms with van der Waals surface area (Å²) in [4.78, 5) is 35.9. The van der Waals surface area contributed by atoms with Gasteiger partial charge in [-0.3, -0.25) is 4.98 Å². The van der Waals surface area contributed by atoms with Crippen molar-refractivity contribution in [2.45, 2.75) is 13.8 Å². The molecule has 0 saturated carbocycles. The molecule has 2 aromatic heterocycles. The van der Waals surface area contributed by atoms with Crippen molar-refractivity contribution in [3.8, 4) is 17.3 Å². The molecule has 0 aliphatic rings. The fourth-order valence-corrected chi connectivity index (χ4v) is 1.90. The molecule has 0 fully saturated rings. The summed E-state index contributed by atoms with van der Waals surface area (Å²) in [6.07, 6.45) is 4.25. The summed E-state index contributed by atoms with van der Waals surface area (Å²) >= 11 is 0. The molecule has 0 aromatic carbocycles. The molecule has 0 radical (unpaired) electrons. The molecule has 0 atom stereocenters. The van der Waals surface area contributed by atoms with Crippen LogP contribution in [0.15, 0.2) is 42.4 Å². The van der Waals surface area contributed by atoms with Crippen molar-refractivity contribution in [1.29, 1.82) is 0 Å². The lowest BCUT2D eigenvalue weighted by molar-refractivity contribution is -0.146. The first-order chi connectivity index (χ1) is 12.5. The van der Waals surface area contributed by atoms with E-state index in [9.17, 15) is 14.7 Å². The lowest BCUT2D eigenvalue weighted by atomic mass is 10.2.